The summed E-state index contributed by atoms with van der Waals surface area (Å²) in [6.07, 6.45) is 4.63. The zero-order valence-electron chi connectivity index (χ0n) is 11.1. The number of hydrogen-bond donors (Lipinski definition) is 2. The van der Waals surface area contributed by atoms with E-state index in [1.165, 1.54) is 0 Å². The molecule has 5 nitrogen and oxygen atoms in total. The smallest absolute Gasteiger partial charge is 0.324 e. The van der Waals surface area contributed by atoms with Gasteiger partial charge in [-0.3, -0.25) is 14.5 Å². The maximum absolute atomic E-state index is 11.9. The van der Waals surface area contributed by atoms with Gasteiger partial charge in [0, 0.05) is 12.0 Å². The average molecular weight is 254 g/mol. The van der Waals surface area contributed by atoms with Crippen LogP contribution in [0.5, 0.6) is 0 Å². The quantitative estimate of drug-likeness (QED) is 0.780. The van der Waals surface area contributed by atoms with Crippen molar-refractivity contribution in [1.29, 1.82) is 0 Å². The third-order valence-electron chi connectivity index (χ3n) is 4.36. The van der Waals surface area contributed by atoms with Gasteiger partial charge in [0.1, 0.15) is 5.54 Å². The van der Waals surface area contributed by atoms with Crippen LogP contribution in [0.1, 0.15) is 38.5 Å². The van der Waals surface area contributed by atoms with Gasteiger partial charge < -0.3 is 10.4 Å². The van der Waals surface area contributed by atoms with Crippen molar-refractivity contribution in [2.45, 2.75) is 50.1 Å². The van der Waals surface area contributed by atoms with Crippen LogP contribution in [-0.4, -0.2) is 47.6 Å². The van der Waals surface area contributed by atoms with E-state index in [-0.39, 0.29) is 11.8 Å². The van der Waals surface area contributed by atoms with Gasteiger partial charge in [0.2, 0.25) is 5.91 Å². The lowest BCUT2D eigenvalue weighted by Crippen LogP contribution is -2.54. The Morgan fingerprint density at radius 2 is 1.72 bits per heavy atom. The van der Waals surface area contributed by atoms with Crippen molar-refractivity contribution in [3.05, 3.63) is 0 Å². The maximum Gasteiger partial charge on any atom is 0.324 e. The molecule has 2 rings (SSSR count). The number of carboxylic acid groups (broad SMARTS) is 1. The van der Waals surface area contributed by atoms with Gasteiger partial charge in [-0.1, -0.05) is 0 Å². The Balaban J connectivity index is 1.93. The molecule has 2 aliphatic rings. The highest BCUT2D eigenvalue weighted by Gasteiger charge is 2.45. The highest BCUT2D eigenvalue weighted by atomic mass is 16.4. The molecule has 2 fully saturated rings. The van der Waals surface area contributed by atoms with E-state index in [4.69, 9.17) is 0 Å². The highest BCUT2D eigenvalue weighted by molar-refractivity contribution is 5.82. The first-order valence-electron chi connectivity index (χ1n) is 6.67. The van der Waals surface area contributed by atoms with E-state index in [0.29, 0.717) is 31.7 Å². The number of rotatable bonds is 4. The number of carbonyl (C=O) groups excluding carboxylic acids is 1. The summed E-state index contributed by atoms with van der Waals surface area (Å²) in [5.74, 6) is -0.651. The minimum absolute atomic E-state index is 0.00183. The number of nitrogens with one attached hydrogen (secondary N) is 1. The fourth-order valence-corrected chi connectivity index (χ4v) is 2.76. The van der Waals surface area contributed by atoms with Crippen molar-refractivity contribution in [3.8, 4) is 0 Å². The van der Waals surface area contributed by atoms with E-state index in [0.717, 1.165) is 12.8 Å². The number of amides is 1. The van der Waals surface area contributed by atoms with Gasteiger partial charge >= 0.3 is 5.97 Å². The molecule has 0 unspecified atom stereocenters. The van der Waals surface area contributed by atoms with E-state index >= 15 is 0 Å². The van der Waals surface area contributed by atoms with Gasteiger partial charge in [-0.25, -0.2) is 0 Å². The van der Waals surface area contributed by atoms with Crippen LogP contribution in [-0.2, 0) is 9.59 Å². The third kappa shape index (κ3) is 2.51. The lowest BCUT2D eigenvalue weighted by Gasteiger charge is -2.41. The molecule has 0 aromatic heterocycles. The number of likely N-dealkylation sites (N-methyl/N-ethyl adjacent to an activating group) is 1. The van der Waals surface area contributed by atoms with Crippen LogP contribution in [0.3, 0.4) is 0 Å². The van der Waals surface area contributed by atoms with Crippen molar-refractivity contribution in [3.63, 3.8) is 0 Å². The van der Waals surface area contributed by atoms with Crippen LogP contribution in [0, 0.1) is 5.92 Å². The van der Waals surface area contributed by atoms with Gasteiger partial charge in [0.25, 0.3) is 0 Å². The minimum Gasteiger partial charge on any atom is -0.480 e. The monoisotopic (exact) mass is 254 g/mol. The number of hydrogen-bond acceptors (Lipinski definition) is 3. The van der Waals surface area contributed by atoms with Crippen molar-refractivity contribution >= 4 is 11.9 Å². The molecule has 5 heteroatoms. The zero-order valence-corrected chi connectivity index (χ0v) is 11.1. The fourth-order valence-electron chi connectivity index (χ4n) is 2.76. The van der Waals surface area contributed by atoms with E-state index in [9.17, 15) is 14.7 Å². The number of carbonyl (C=O) groups is 2. The summed E-state index contributed by atoms with van der Waals surface area (Å²) in [6, 6.07) is 0.387. The molecule has 0 heterocycles. The predicted molar refractivity (Wildman–Crippen MR) is 67.2 cm³/mol. The molecular formula is C13H22N2O3. The van der Waals surface area contributed by atoms with E-state index in [1.807, 2.05) is 0 Å². The summed E-state index contributed by atoms with van der Waals surface area (Å²) in [5, 5.41) is 12.4. The molecule has 2 N–H and O–H groups in total. The van der Waals surface area contributed by atoms with E-state index < -0.39 is 11.5 Å². The highest BCUT2D eigenvalue weighted by Crippen LogP contribution is 2.36. The van der Waals surface area contributed by atoms with Crippen LogP contribution in [0.25, 0.3) is 0 Å². The minimum atomic E-state index is -0.781. The van der Waals surface area contributed by atoms with Crippen LogP contribution >= 0.6 is 0 Å². The van der Waals surface area contributed by atoms with Gasteiger partial charge in [-0.15, -0.1) is 0 Å². The molecule has 0 radical (unpaired) electrons. The Morgan fingerprint density at radius 1 is 1.17 bits per heavy atom. The molecule has 0 aliphatic heterocycles. The van der Waals surface area contributed by atoms with Crippen molar-refractivity contribution in [1.82, 2.24) is 10.2 Å². The molecule has 18 heavy (non-hydrogen) atoms. The SMILES string of the molecule is CN(C)C1(C(=O)O)CCC(C(=O)NC2CC2)CC1. The first-order chi connectivity index (χ1) is 8.45. The topological polar surface area (TPSA) is 69.6 Å². The Hall–Kier alpha value is -1.10. The predicted octanol–water partition coefficient (Wildman–Crippen LogP) is 0.840. The largest absolute Gasteiger partial charge is 0.480 e. The molecule has 1 amide bonds. The Kier molecular flexibility index (Phi) is 3.61. The average Bonchev–Trinajstić information content (AvgIpc) is 3.12. The Morgan fingerprint density at radius 3 is 2.11 bits per heavy atom. The summed E-state index contributed by atoms with van der Waals surface area (Å²) >= 11 is 0. The van der Waals surface area contributed by atoms with Gasteiger partial charge in [-0.05, 0) is 52.6 Å². The Labute approximate surface area is 108 Å². The molecule has 0 saturated heterocycles. The third-order valence-corrected chi connectivity index (χ3v) is 4.36. The van der Waals surface area contributed by atoms with Crippen LogP contribution in [0.2, 0.25) is 0 Å². The van der Waals surface area contributed by atoms with Crippen molar-refractivity contribution in [2.24, 2.45) is 5.92 Å². The lowest BCUT2D eigenvalue weighted by molar-refractivity contribution is -0.153. The summed E-state index contributed by atoms with van der Waals surface area (Å²) in [4.78, 5) is 25.1. The molecular weight excluding hydrogens is 232 g/mol. The summed E-state index contributed by atoms with van der Waals surface area (Å²) in [5.41, 5.74) is -0.781. The van der Waals surface area contributed by atoms with Crippen molar-refractivity contribution < 1.29 is 14.7 Å². The zero-order chi connectivity index (χ0) is 13.3. The maximum atomic E-state index is 11.9. The molecule has 102 valence electrons. The molecule has 0 spiro atoms. The van der Waals surface area contributed by atoms with E-state index in [1.54, 1.807) is 19.0 Å². The molecule has 2 aliphatic carbocycles. The standard InChI is InChI=1S/C13H22N2O3/c1-15(2)13(12(17)18)7-5-9(6-8-13)11(16)14-10-3-4-10/h9-10H,3-8H2,1-2H3,(H,14,16)(H,17,18). The van der Waals surface area contributed by atoms with E-state index in [2.05, 4.69) is 5.32 Å². The lowest BCUT2D eigenvalue weighted by atomic mass is 9.75. The molecule has 0 bridgehead atoms. The van der Waals surface area contributed by atoms with Gasteiger partial charge in [0.05, 0.1) is 0 Å². The van der Waals surface area contributed by atoms with Crippen LogP contribution < -0.4 is 5.32 Å². The molecule has 0 aromatic carbocycles. The van der Waals surface area contributed by atoms with Gasteiger partial charge in [0.15, 0.2) is 0 Å². The van der Waals surface area contributed by atoms with Crippen molar-refractivity contribution in [2.75, 3.05) is 14.1 Å². The molecule has 2 saturated carbocycles. The second-order valence-corrected chi connectivity index (χ2v) is 5.79. The normalized spacial score (nSPS) is 32.3. The van der Waals surface area contributed by atoms with Crippen LogP contribution in [0.4, 0.5) is 0 Å². The second kappa shape index (κ2) is 4.88. The number of nitrogens with zero attached hydrogens (tertiary/aromatic N) is 1. The Bertz CT molecular complexity index is 342. The summed E-state index contributed by atoms with van der Waals surface area (Å²) < 4.78 is 0. The van der Waals surface area contributed by atoms with Crippen LogP contribution in [0.15, 0.2) is 0 Å². The molecule has 0 aromatic rings. The summed E-state index contributed by atoms with van der Waals surface area (Å²) in [6.45, 7) is 0. The molecule has 0 atom stereocenters. The number of aliphatic carboxylic acids is 1. The first kappa shape index (κ1) is 13.3. The second-order valence-electron chi connectivity index (χ2n) is 5.79. The van der Waals surface area contributed by atoms with Gasteiger partial charge in [-0.2, -0.15) is 0 Å². The number of carboxylic acids is 1. The summed E-state index contributed by atoms with van der Waals surface area (Å²) in [7, 11) is 3.61. The first-order valence-corrected chi connectivity index (χ1v) is 6.67. The fraction of sp³-hybridized carbons (Fsp3) is 0.846.